The molecule has 0 aliphatic carbocycles. The maximum absolute atomic E-state index is 12.4. The number of carboxylic acids is 1. The van der Waals surface area contributed by atoms with E-state index < -0.39 is 18.0 Å². The van der Waals surface area contributed by atoms with Crippen LogP contribution < -0.4 is 15.2 Å². The summed E-state index contributed by atoms with van der Waals surface area (Å²) in [6, 6.07) is 20.3. The lowest BCUT2D eigenvalue weighted by atomic mass is 9.96. The summed E-state index contributed by atoms with van der Waals surface area (Å²) in [6.45, 7) is 8.08. The molecule has 0 aliphatic rings. The Morgan fingerprint density at radius 3 is 2.29 bits per heavy atom. The smallest absolute Gasteiger partial charge is 0.328 e. The van der Waals surface area contributed by atoms with Gasteiger partial charge in [-0.3, -0.25) is 0 Å². The van der Waals surface area contributed by atoms with Gasteiger partial charge in [-0.05, 0) is 64.9 Å². The Bertz CT molecular complexity index is 1480. The number of thiophene rings is 1. The van der Waals surface area contributed by atoms with Gasteiger partial charge in [-0.1, -0.05) is 64.1 Å². The molecule has 0 amide bonds. The molecule has 0 aliphatic heterocycles. The Balaban J connectivity index is 1.77. The quantitative estimate of drug-likeness (QED) is 0.133. The molecule has 38 heavy (non-hydrogen) atoms. The molecule has 7 heteroatoms. The van der Waals surface area contributed by atoms with Crippen molar-refractivity contribution in [3.63, 3.8) is 0 Å². The van der Waals surface area contributed by atoms with Crippen LogP contribution in [0.1, 0.15) is 44.7 Å². The number of carbonyl (C=O) groups excluding carboxylic acids is 1. The maximum Gasteiger partial charge on any atom is 0.328 e. The van der Waals surface area contributed by atoms with Crippen molar-refractivity contribution in [1.82, 2.24) is 0 Å². The number of hydrogen-bond acceptors (Lipinski definition) is 6. The molecule has 1 aromatic heterocycles. The van der Waals surface area contributed by atoms with Crippen molar-refractivity contribution in [2.45, 2.75) is 39.7 Å². The number of fused-ring (bicyclic) bond motifs is 1. The predicted molar refractivity (Wildman–Crippen MR) is 153 cm³/mol. The SMILES string of the molecule is CC(C)c1ccccc1-c1sc2cc(OC(=O)C(N)C(C)C)ccc2c1Oc1ccc(C=CC(=O)O)cc1. The Labute approximate surface area is 226 Å². The topological polar surface area (TPSA) is 98.9 Å². The number of rotatable bonds is 9. The fourth-order valence-electron chi connectivity index (χ4n) is 3.99. The van der Waals surface area contributed by atoms with Crippen molar-refractivity contribution in [2.24, 2.45) is 11.7 Å². The summed E-state index contributed by atoms with van der Waals surface area (Å²) in [5.74, 6) is 0.582. The molecule has 1 unspecified atom stereocenters. The minimum absolute atomic E-state index is 0.0295. The Kier molecular flexibility index (Phi) is 8.29. The second-order valence-corrected chi connectivity index (χ2v) is 10.7. The van der Waals surface area contributed by atoms with E-state index in [1.165, 1.54) is 11.6 Å². The molecule has 196 valence electrons. The molecule has 0 saturated heterocycles. The molecule has 4 aromatic rings. The first-order valence-corrected chi connectivity index (χ1v) is 13.3. The number of carboxylic acid groups (broad SMARTS) is 1. The van der Waals surface area contributed by atoms with Crippen molar-refractivity contribution in [3.05, 3.63) is 83.9 Å². The van der Waals surface area contributed by atoms with Gasteiger partial charge in [-0.25, -0.2) is 9.59 Å². The van der Waals surface area contributed by atoms with Gasteiger partial charge in [0.25, 0.3) is 0 Å². The molecule has 3 N–H and O–H groups in total. The van der Waals surface area contributed by atoms with Gasteiger partial charge in [-0.15, -0.1) is 11.3 Å². The van der Waals surface area contributed by atoms with E-state index in [-0.39, 0.29) is 5.92 Å². The van der Waals surface area contributed by atoms with Crippen LogP contribution in [0.3, 0.4) is 0 Å². The average molecular weight is 530 g/mol. The van der Waals surface area contributed by atoms with Gasteiger partial charge in [0, 0.05) is 16.2 Å². The first kappa shape index (κ1) is 27.1. The molecular weight excluding hydrogens is 498 g/mol. The van der Waals surface area contributed by atoms with Crippen molar-refractivity contribution in [3.8, 4) is 27.7 Å². The molecule has 0 bridgehead atoms. The van der Waals surface area contributed by atoms with E-state index in [0.29, 0.717) is 23.2 Å². The summed E-state index contributed by atoms with van der Waals surface area (Å²) in [5, 5.41) is 9.77. The predicted octanol–water partition coefficient (Wildman–Crippen LogP) is 7.47. The summed E-state index contributed by atoms with van der Waals surface area (Å²) in [4.78, 5) is 24.2. The minimum Gasteiger partial charge on any atom is -0.478 e. The fourth-order valence-corrected chi connectivity index (χ4v) is 5.20. The number of carbonyl (C=O) groups is 2. The zero-order valence-electron chi connectivity index (χ0n) is 21.8. The molecular formula is C31H31NO5S. The van der Waals surface area contributed by atoms with Crippen molar-refractivity contribution in [2.75, 3.05) is 0 Å². The zero-order chi connectivity index (χ0) is 27.4. The highest BCUT2D eigenvalue weighted by atomic mass is 32.1. The van der Waals surface area contributed by atoms with Crippen LogP contribution in [0.25, 0.3) is 26.6 Å². The highest BCUT2D eigenvalue weighted by Gasteiger charge is 2.22. The summed E-state index contributed by atoms with van der Waals surface area (Å²) < 4.78 is 13.0. The van der Waals surface area contributed by atoms with Crippen LogP contribution in [0.15, 0.2) is 72.8 Å². The van der Waals surface area contributed by atoms with E-state index in [0.717, 1.165) is 32.2 Å². The van der Waals surface area contributed by atoms with Crippen LogP contribution in [-0.4, -0.2) is 23.1 Å². The van der Waals surface area contributed by atoms with Gasteiger partial charge in [0.05, 0.1) is 4.88 Å². The summed E-state index contributed by atoms with van der Waals surface area (Å²) in [7, 11) is 0. The van der Waals surface area contributed by atoms with Gasteiger partial charge < -0.3 is 20.3 Å². The number of ether oxygens (including phenoxy) is 2. The highest BCUT2D eigenvalue weighted by Crippen LogP contribution is 2.48. The number of nitrogens with two attached hydrogens (primary N) is 1. The third-order valence-corrected chi connectivity index (χ3v) is 7.34. The van der Waals surface area contributed by atoms with E-state index in [9.17, 15) is 9.59 Å². The standard InChI is InChI=1S/C31H31NO5S/c1-18(2)23-7-5-6-8-24(23)30-29(36-21-12-9-20(10-13-21)11-16-27(33)34)25-15-14-22(17-26(25)38-30)37-31(35)28(32)19(3)4/h5-19,28H,32H2,1-4H3,(H,33,34). The normalized spacial score (nSPS) is 12.4. The number of esters is 1. The molecule has 0 fully saturated rings. The first-order chi connectivity index (χ1) is 18.1. The van der Waals surface area contributed by atoms with E-state index in [1.54, 1.807) is 29.5 Å². The van der Waals surface area contributed by atoms with Crippen LogP contribution in [0, 0.1) is 5.92 Å². The highest BCUT2D eigenvalue weighted by molar-refractivity contribution is 7.22. The molecule has 0 spiro atoms. The lowest BCUT2D eigenvalue weighted by molar-refractivity contribution is -0.137. The molecule has 0 radical (unpaired) electrons. The van der Waals surface area contributed by atoms with Gasteiger partial charge in [-0.2, -0.15) is 0 Å². The molecule has 0 saturated carbocycles. The molecule has 1 atom stereocenters. The van der Waals surface area contributed by atoms with E-state index >= 15 is 0 Å². The van der Waals surface area contributed by atoms with E-state index in [2.05, 4.69) is 26.0 Å². The van der Waals surface area contributed by atoms with Crippen LogP contribution in [-0.2, 0) is 9.59 Å². The Morgan fingerprint density at radius 1 is 0.947 bits per heavy atom. The van der Waals surface area contributed by atoms with Crippen molar-refractivity contribution in [1.29, 1.82) is 0 Å². The monoisotopic (exact) mass is 529 g/mol. The van der Waals surface area contributed by atoms with Crippen LogP contribution in [0.2, 0.25) is 0 Å². The lowest BCUT2D eigenvalue weighted by Crippen LogP contribution is -2.38. The first-order valence-electron chi connectivity index (χ1n) is 12.5. The van der Waals surface area contributed by atoms with Gasteiger partial charge in [0.15, 0.2) is 5.75 Å². The molecule has 6 nitrogen and oxygen atoms in total. The molecule has 3 aromatic carbocycles. The van der Waals surface area contributed by atoms with Crippen LogP contribution in [0.4, 0.5) is 0 Å². The maximum atomic E-state index is 12.4. The van der Waals surface area contributed by atoms with E-state index in [4.69, 9.17) is 20.3 Å². The van der Waals surface area contributed by atoms with E-state index in [1.807, 2.05) is 50.2 Å². The largest absolute Gasteiger partial charge is 0.478 e. The second-order valence-electron chi connectivity index (χ2n) is 9.69. The van der Waals surface area contributed by atoms with Gasteiger partial charge in [0.1, 0.15) is 17.5 Å². The van der Waals surface area contributed by atoms with Crippen LogP contribution in [0.5, 0.6) is 17.2 Å². The summed E-state index contributed by atoms with van der Waals surface area (Å²) >= 11 is 1.57. The van der Waals surface area contributed by atoms with Gasteiger partial charge in [0.2, 0.25) is 0 Å². The zero-order valence-corrected chi connectivity index (χ0v) is 22.6. The second kappa shape index (κ2) is 11.6. The Hall–Kier alpha value is -3.94. The lowest BCUT2D eigenvalue weighted by Gasteiger charge is -2.14. The third kappa shape index (κ3) is 6.13. The van der Waals surface area contributed by atoms with Crippen LogP contribution >= 0.6 is 11.3 Å². The fraction of sp³-hybridized carbons (Fsp3) is 0.226. The minimum atomic E-state index is -1.00. The number of hydrogen-bond donors (Lipinski definition) is 2. The number of aliphatic carboxylic acids is 1. The third-order valence-electron chi connectivity index (χ3n) is 6.17. The summed E-state index contributed by atoms with van der Waals surface area (Å²) in [6.07, 6.45) is 2.63. The van der Waals surface area contributed by atoms with Crippen molar-refractivity contribution < 1.29 is 24.2 Å². The summed E-state index contributed by atoms with van der Waals surface area (Å²) in [5.41, 5.74) is 9.02. The molecule has 1 heterocycles. The Morgan fingerprint density at radius 2 is 1.63 bits per heavy atom. The molecule has 4 rings (SSSR count). The van der Waals surface area contributed by atoms with Gasteiger partial charge >= 0.3 is 11.9 Å². The van der Waals surface area contributed by atoms with Crippen molar-refractivity contribution >= 4 is 39.4 Å². The average Bonchev–Trinajstić information content (AvgIpc) is 3.24. The number of benzene rings is 3.